The zero-order chi connectivity index (χ0) is 21.3. The van der Waals surface area contributed by atoms with Crippen molar-refractivity contribution in [3.05, 3.63) is 65.7 Å². The summed E-state index contributed by atoms with van der Waals surface area (Å²) in [5.41, 5.74) is 1.03. The van der Waals surface area contributed by atoms with Gasteiger partial charge in [-0.25, -0.2) is 0 Å². The van der Waals surface area contributed by atoms with Crippen molar-refractivity contribution >= 4 is 27.5 Å². The molecule has 152 valence electrons. The Labute approximate surface area is 169 Å². The molecule has 7 heteroatoms. The summed E-state index contributed by atoms with van der Waals surface area (Å²) in [6.45, 7) is 3.71. The van der Waals surface area contributed by atoms with E-state index in [1.165, 1.54) is 12.1 Å². The van der Waals surface area contributed by atoms with Gasteiger partial charge in [0.25, 0.3) is 5.91 Å². The Morgan fingerprint density at radius 2 is 1.62 bits per heavy atom. The summed E-state index contributed by atoms with van der Waals surface area (Å²) < 4.78 is 50.8. The summed E-state index contributed by atoms with van der Waals surface area (Å²) in [6.07, 6.45) is -2.85. The van der Waals surface area contributed by atoms with Gasteiger partial charge in [-0.3, -0.25) is 9.00 Å². The van der Waals surface area contributed by atoms with Crippen molar-refractivity contribution in [1.82, 2.24) is 5.32 Å². The number of fused-ring (bicyclic) bond motifs is 1. The monoisotopic (exact) mass is 419 g/mol. The molecule has 0 saturated heterocycles. The molecule has 0 spiro atoms. The molecule has 0 radical (unpaired) electrons. The van der Waals surface area contributed by atoms with Crippen LogP contribution in [0.1, 0.15) is 29.8 Å². The van der Waals surface area contributed by atoms with Gasteiger partial charge in [-0.05, 0) is 66.1 Å². The van der Waals surface area contributed by atoms with Crippen LogP contribution in [0.25, 0.3) is 21.9 Å². The molecule has 0 aliphatic heterocycles. The Bertz CT molecular complexity index is 1090. The van der Waals surface area contributed by atoms with Gasteiger partial charge in [0.2, 0.25) is 0 Å². The number of halogens is 3. The maximum atomic E-state index is 12.9. The van der Waals surface area contributed by atoms with E-state index in [1.807, 2.05) is 13.8 Å². The summed E-state index contributed by atoms with van der Waals surface area (Å²) in [6, 6.07) is 13.4. The largest absolute Gasteiger partial charge is 0.416 e. The van der Waals surface area contributed by atoms with Crippen LogP contribution < -0.4 is 5.32 Å². The summed E-state index contributed by atoms with van der Waals surface area (Å²) in [5, 5.41) is 4.18. The molecule has 1 unspecified atom stereocenters. The third-order valence-corrected chi connectivity index (χ3v) is 5.47. The minimum atomic E-state index is -4.40. The highest BCUT2D eigenvalue weighted by atomic mass is 32.2. The number of nitrogens with one attached hydrogen (secondary N) is 1. The molecule has 0 aliphatic carbocycles. The molecule has 3 aromatic rings. The van der Waals surface area contributed by atoms with Gasteiger partial charge in [0.05, 0.1) is 16.4 Å². The fourth-order valence-corrected chi connectivity index (χ4v) is 3.89. The number of carbonyl (C=O) groups excluding carboxylic acids is 1. The van der Waals surface area contributed by atoms with E-state index in [0.717, 1.165) is 17.5 Å². The third kappa shape index (κ3) is 4.50. The Morgan fingerprint density at radius 1 is 0.966 bits per heavy atom. The number of hydrogen-bond acceptors (Lipinski definition) is 2. The van der Waals surface area contributed by atoms with Crippen LogP contribution in [0.15, 0.2) is 59.5 Å². The van der Waals surface area contributed by atoms with Gasteiger partial charge in [0, 0.05) is 22.8 Å². The number of carbonyl (C=O) groups is 1. The zero-order valence-electron chi connectivity index (χ0n) is 16.1. The average Bonchev–Trinajstić information content (AvgIpc) is 2.65. The van der Waals surface area contributed by atoms with Gasteiger partial charge in [0.15, 0.2) is 0 Å². The van der Waals surface area contributed by atoms with E-state index in [-0.39, 0.29) is 11.9 Å². The molecule has 0 aromatic heterocycles. The number of hydrogen-bond donors (Lipinski definition) is 1. The number of alkyl halides is 3. The molecule has 1 atom stereocenters. The van der Waals surface area contributed by atoms with Crippen molar-refractivity contribution in [3.63, 3.8) is 0 Å². The van der Waals surface area contributed by atoms with E-state index in [1.54, 1.807) is 36.6 Å². The highest BCUT2D eigenvalue weighted by Crippen LogP contribution is 2.35. The van der Waals surface area contributed by atoms with E-state index >= 15 is 0 Å². The molecular formula is C22H20F3NO2S. The molecule has 3 rings (SSSR count). The zero-order valence-corrected chi connectivity index (χ0v) is 16.9. The quantitative estimate of drug-likeness (QED) is 0.615. The van der Waals surface area contributed by atoms with E-state index in [9.17, 15) is 22.2 Å². The normalized spacial score (nSPS) is 12.9. The van der Waals surface area contributed by atoms with Crippen LogP contribution in [0.5, 0.6) is 0 Å². The van der Waals surface area contributed by atoms with Gasteiger partial charge in [-0.15, -0.1) is 0 Å². The molecule has 0 fully saturated rings. The second-order valence-corrected chi connectivity index (χ2v) is 8.38. The van der Waals surface area contributed by atoms with Crippen molar-refractivity contribution < 1.29 is 22.2 Å². The molecule has 0 saturated carbocycles. The molecular weight excluding hydrogens is 399 g/mol. The molecule has 1 N–H and O–H groups in total. The van der Waals surface area contributed by atoms with Crippen LogP contribution in [0, 0.1) is 0 Å². The summed E-state index contributed by atoms with van der Waals surface area (Å²) >= 11 is 0. The van der Waals surface area contributed by atoms with Gasteiger partial charge >= 0.3 is 6.18 Å². The van der Waals surface area contributed by atoms with E-state index in [2.05, 4.69) is 5.32 Å². The Kier molecular flexibility index (Phi) is 5.80. The van der Waals surface area contributed by atoms with Crippen LogP contribution in [-0.2, 0) is 17.0 Å². The number of rotatable bonds is 4. The molecule has 0 bridgehead atoms. The third-order valence-electron chi connectivity index (χ3n) is 4.49. The van der Waals surface area contributed by atoms with Crippen LogP contribution in [-0.4, -0.2) is 22.4 Å². The molecule has 3 aromatic carbocycles. The maximum absolute atomic E-state index is 12.9. The highest BCUT2D eigenvalue weighted by Gasteiger charge is 2.30. The van der Waals surface area contributed by atoms with E-state index in [4.69, 9.17) is 0 Å². The van der Waals surface area contributed by atoms with E-state index in [0.29, 0.717) is 27.0 Å². The standard InChI is InChI=1S/C22H20F3NO2S/c1-13(2)26-21(27)15-6-9-18-17(10-11-20(29(3)28)19(18)12-15)14-4-7-16(8-5-14)22(23,24)25/h4-13H,1-3H3,(H,26,27). The first-order valence-corrected chi connectivity index (χ1v) is 10.5. The number of benzene rings is 3. The predicted octanol–water partition coefficient (Wildman–Crippen LogP) is 5.40. The number of amides is 1. The summed E-state index contributed by atoms with van der Waals surface area (Å²) in [5.74, 6) is -0.241. The highest BCUT2D eigenvalue weighted by molar-refractivity contribution is 7.84. The first-order chi connectivity index (χ1) is 13.6. The molecule has 3 nitrogen and oxygen atoms in total. The maximum Gasteiger partial charge on any atom is 0.416 e. The molecule has 29 heavy (non-hydrogen) atoms. The van der Waals surface area contributed by atoms with Crippen LogP contribution >= 0.6 is 0 Å². The smallest absolute Gasteiger partial charge is 0.350 e. The van der Waals surface area contributed by atoms with Crippen molar-refractivity contribution in [2.75, 3.05) is 6.26 Å². The van der Waals surface area contributed by atoms with Crippen molar-refractivity contribution in [2.45, 2.75) is 31.0 Å². The SMILES string of the molecule is CC(C)NC(=O)c1ccc2c(-c3ccc(C(F)(F)F)cc3)ccc(S(C)=O)c2c1. The fourth-order valence-electron chi connectivity index (χ4n) is 3.15. The fraction of sp³-hybridized carbons (Fsp3) is 0.227. The second-order valence-electron chi connectivity index (χ2n) is 7.03. The van der Waals surface area contributed by atoms with Crippen LogP contribution in [0.2, 0.25) is 0 Å². The van der Waals surface area contributed by atoms with Gasteiger partial charge in [-0.2, -0.15) is 13.2 Å². The lowest BCUT2D eigenvalue weighted by atomic mass is 9.96. The summed E-state index contributed by atoms with van der Waals surface area (Å²) in [7, 11) is -1.30. The minimum absolute atomic E-state index is 0.0311. The molecule has 0 heterocycles. The van der Waals surface area contributed by atoms with Crippen LogP contribution in [0.3, 0.4) is 0 Å². The predicted molar refractivity (Wildman–Crippen MR) is 109 cm³/mol. The Hall–Kier alpha value is -2.67. The summed E-state index contributed by atoms with van der Waals surface area (Å²) in [4.78, 5) is 12.9. The van der Waals surface area contributed by atoms with Crippen LogP contribution in [0.4, 0.5) is 13.2 Å². The Balaban J connectivity index is 2.16. The second kappa shape index (κ2) is 7.99. The van der Waals surface area contributed by atoms with Crippen molar-refractivity contribution in [3.8, 4) is 11.1 Å². The van der Waals surface area contributed by atoms with Crippen molar-refractivity contribution in [1.29, 1.82) is 0 Å². The van der Waals surface area contributed by atoms with Gasteiger partial charge < -0.3 is 5.32 Å². The average molecular weight is 419 g/mol. The lowest BCUT2D eigenvalue weighted by Gasteiger charge is -2.14. The first-order valence-electron chi connectivity index (χ1n) is 8.96. The minimum Gasteiger partial charge on any atom is -0.350 e. The first kappa shape index (κ1) is 21.0. The van der Waals surface area contributed by atoms with Gasteiger partial charge in [-0.1, -0.05) is 24.3 Å². The molecule has 0 aliphatic rings. The lowest BCUT2D eigenvalue weighted by molar-refractivity contribution is -0.137. The topological polar surface area (TPSA) is 46.2 Å². The van der Waals surface area contributed by atoms with Gasteiger partial charge in [0.1, 0.15) is 0 Å². The lowest BCUT2D eigenvalue weighted by Crippen LogP contribution is -2.30. The van der Waals surface area contributed by atoms with E-state index < -0.39 is 22.5 Å². The Morgan fingerprint density at radius 3 is 2.17 bits per heavy atom. The molecule has 1 amide bonds. The van der Waals surface area contributed by atoms with Crippen molar-refractivity contribution in [2.24, 2.45) is 0 Å².